The van der Waals surface area contributed by atoms with Crippen molar-refractivity contribution < 1.29 is 14.0 Å². The molecule has 0 radical (unpaired) electrons. The van der Waals surface area contributed by atoms with Crippen molar-refractivity contribution in [2.45, 2.75) is 32.4 Å². The first kappa shape index (κ1) is 19.2. The molecule has 1 atom stereocenters. The number of fused-ring (bicyclic) bond motifs is 1. The number of nitrogens with zero attached hydrogens (tertiary/aromatic N) is 2. The molecule has 0 unspecified atom stereocenters. The zero-order chi connectivity index (χ0) is 20.5. The van der Waals surface area contributed by atoms with E-state index in [1.165, 1.54) is 19.1 Å². The number of ketones is 1. The highest BCUT2D eigenvalue weighted by molar-refractivity contribution is 6.01. The Labute approximate surface area is 168 Å². The van der Waals surface area contributed by atoms with E-state index in [1.54, 1.807) is 18.2 Å². The predicted octanol–water partition coefficient (Wildman–Crippen LogP) is 3.69. The first-order valence-electron chi connectivity index (χ1n) is 9.66. The van der Waals surface area contributed by atoms with Crippen molar-refractivity contribution >= 4 is 22.6 Å². The number of benzene rings is 2. The molecule has 1 amide bonds. The minimum atomic E-state index is -0.309. The monoisotopic (exact) mass is 391 g/mol. The minimum absolute atomic E-state index is 0.131. The lowest BCUT2D eigenvalue weighted by atomic mass is 9.98. The second-order valence-corrected chi connectivity index (χ2v) is 7.50. The van der Waals surface area contributed by atoms with Gasteiger partial charge in [0.2, 0.25) is 5.91 Å². The molecule has 1 fully saturated rings. The second-order valence-electron chi connectivity index (χ2n) is 7.50. The highest BCUT2D eigenvalue weighted by Crippen LogP contribution is 2.30. The van der Waals surface area contributed by atoms with Gasteiger partial charge in [0.05, 0.1) is 11.6 Å². The molecule has 1 saturated heterocycles. The molecule has 6 heteroatoms. The first-order chi connectivity index (χ1) is 13.9. The van der Waals surface area contributed by atoms with E-state index in [0.717, 1.165) is 41.5 Å². The van der Waals surface area contributed by atoms with E-state index in [2.05, 4.69) is 9.88 Å². The Hall–Kier alpha value is -3.12. The fourth-order valence-electron chi connectivity index (χ4n) is 3.99. The fourth-order valence-corrected chi connectivity index (χ4v) is 3.99. The lowest BCUT2D eigenvalue weighted by Crippen LogP contribution is -2.39. The largest absolute Gasteiger partial charge is 0.368 e. The van der Waals surface area contributed by atoms with Crippen molar-refractivity contribution in [1.82, 2.24) is 9.88 Å². The summed E-state index contributed by atoms with van der Waals surface area (Å²) in [6.07, 6.45) is 1.73. The van der Waals surface area contributed by atoms with E-state index in [9.17, 15) is 14.0 Å². The van der Waals surface area contributed by atoms with Crippen LogP contribution < -0.4 is 5.73 Å². The van der Waals surface area contributed by atoms with E-state index >= 15 is 0 Å². The molecule has 5 nitrogen and oxygen atoms in total. The fraction of sp³-hybridized carbons (Fsp3) is 0.261. The standard InChI is InChI=1S/C23H22FN3O2/c1-14(28)20-12-19(16-5-7-17(24)8-6-16)18-9-4-15(11-21(18)26-20)13-27-10-2-3-22(27)23(25)29/h4-9,11-12,22H,2-3,10,13H2,1H3,(H2,25,29)/t22-/m0/s1. The Morgan fingerprint density at radius 2 is 1.93 bits per heavy atom. The summed E-state index contributed by atoms with van der Waals surface area (Å²) >= 11 is 0. The highest BCUT2D eigenvalue weighted by atomic mass is 19.1. The number of primary amides is 1. The predicted molar refractivity (Wildman–Crippen MR) is 110 cm³/mol. The van der Waals surface area contributed by atoms with E-state index in [0.29, 0.717) is 17.8 Å². The van der Waals surface area contributed by atoms with Crippen LogP contribution >= 0.6 is 0 Å². The number of hydrogen-bond donors (Lipinski definition) is 1. The lowest BCUT2D eigenvalue weighted by molar-refractivity contribution is -0.122. The molecule has 3 aromatic rings. The molecule has 0 aliphatic carbocycles. The van der Waals surface area contributed by atoms with Crippen LogP contribution in [-0.4, -0.2) is 34.2 Å². The summed E-state index contributed by atoms with van der Waals surface area (Å²) in [6, 6.07) is 13.6. The van der Waals surface area contributed by atoms with Crippen LogP contribution in [0.15, 0.2) is 48.5 Å². The summed E-state index contributed by atoms with van der Waals surface area (Å²) in [5.74, 6) is -0.733. The molecule has 0 bridgehead atoms. The zero-order valence-corrected chi connectivity index (χ0v) is 16.2. The van der Waals surface area contributed by atoms with E-state index in [4.69, 9.17) is 5.73 Å². The van der Waals surface area contributed by atoms with Gasteiger partial charge in [-0.3, -0.25) is 14.5 Å². The van der Waals surface area contributed by atoms with Crippen LogP contribution in [0.2, 0.25) is 0 Å². The minimum Gasteiger partial charge on any atom is -0.368 e. The van der Waals surface area contributed by atoms with E-state index in [-0.39, 0.29) is 23.5 Å². The molecule has 1 aliphatic heterocycles. The average molecular weight is 391 g/mol. The Bertz CT molecular complexity index is 1100. The van der Waals surface area contributed by atoms with Gasteiger partial charge in [-0.1, -0.05) is 24.3 Å². The summed E-state index contributed by atoms with van der Waals surface area (Å²) in [5, 5.41) is 0.887. The molecule has 2 aromatic carbocycles. The van der Waals surface area contributed by atoms with Gasteiger partial charge in [0.15, 0.2) is 5.78 Å². The smallest absolute Gasteiger partial charge is 0.234 e. The molecule has 29 heavy (non-hydrogen) atoms. The third kappa shape index (κ3) is 3.89. The Morgan fingerprint density at radius 3 is 2.62 bits per heavy atom. The van der Waals surface area contributed by atoms with Crippen molar-refractivity contribution in [1.29, 1.82) is 0 Å². The number of halogens is 1. The highest BCUT2D eigenvalue weighted by Gasteiger charge is 2.28. The van der Waals surface area contributed by atoms with Crippen LogP contribution in [-0.2, 0) is 11.3 Å². The van der Waals surface area contributed by atoms with Gasteiger partial charge >= 0.3 is 0 Å². The van der Waals surface area contributed by atoms with Gasteiger partial charge in [-0.05, 0) is 60.3 Å². The summed E-state index contributed by atoms with van der Waals surface area (Å²) in [5.41, 5.74) is 9.25. The van der Waals surface area contributed by atoms with Gasteiger partial charge in [0.1, 0.15) is 11.5 Å². The van der Waals surface area contributed by atoms with Crippen LogP contribution in [0.1, 0.15) is 35.8 Å². The van der Waals surface area contributed by atoms with Crippen LogP contribution in [0.5, 0.6) is 0 Å². The quantitative estimate of drug-likeness (QED) is 0.673. The zero-order valence-electron chi connectivity index (χ0n) is 16.2. The maximum absolute atomic E-state index is 13.4. The maximum atomic E-state index is 13.4. The van der Waals surface area contributed by atoms with Gasteiger partial charge in [-0.25, -0.2) is 9.37 Å². The molecule has 2 N–H and O–H groups in total. The molecule has 0 saturated carbocycles. The van der Waals surface area contributed by atoms with Gasteiger partial charge in [0.25, 0.3) is 0 Å². The molecular weight excluding hydrogens is 369 g/mol. The molecule has 2 heterocycles. The van der Waals surface area contributed by atoms with Crippen molar-refractivity contribution in [3.63, 3.8) is 0 Å². The maximum Gasteiger partial charge on any atom is 0.234 e. The second kappa shape index (κ2) is 7.72. The third-order valence-electron chi connectivity index (χ3n) is 5.47. The number of hydrogen-bond acceptors (Lipinski definition) is 4. The van der Waals surface area contributed by atoms with Crippen LogP contribution in [0.25, 0.3) is 22.0 Å². The first-order valence-corrected chi connectivity index (χ1v) is 9.66. The van der Waals surface area contributed by atoms with Crippen molar-refractivity contribution in [2.24, 2.45) is 5.73 Å². The van der Waals surface area contributed by atoms with Crippen LogP contribution in [0.3, 0.4) is 0 Å². The van der Waals surface area contributed by atoms with E-state index in [1.807, 2.05) is 18.2 Å². The molecule has 4 rings (SSSR count). The molecule has 0 spiro atoms. The summed E-state index contributed by atoms with van der Waals surface area (Å²) in [4.78, 5) is 30.3. The van der Waals surface area contributed by atoms with Gasteiger partial charge in [0, 0.05) is 18.9 Å². The number of nitrogens with two attached hydrogens (primary N) is 1. The number of carbonyl (C=O) groups is 2. The van der Waals surface area contributed by atoms with Gasteiger partial charge < -0.3 is 5.73 Å². The van der Waals surface area contributed by atoms with Gasteiger partial charge in [-0.15, -0.1) is 0 Å². The Morgan fingerprint density at radius 1 is 1.17 bits per heavy atom. The Balaban J connectivity index is 1.77. The van der Waals surface area contributed by atoms with Crippen molar-refractivity contribution in [3.05, 3.63) is 65.6 Å². The number of amides is 1. The number of Topliss-reactive ketones (excluding diaryl/α,β-unsaturated/α-hetero) is 1. The topological polar surface area (TPSA) is 76.3 Å². The number of carbonyl (C=O) groups excluding carboxylic acids is 2. The van der Waals surface area contributed by atoms with Crippen LogP contribution in [0.4, 0.5) is 4.39 Å². The lowest BCUT2D eigenvalue weighted by Gasteiger charge is -2.22. The van der Waals surface area contributed by atoms with Crippen LogP contribution in [0, 0.1) is 5.82 Å². The molecule has 1 aromatic heterocycles. The number of aromatic nitrogens is 1. The number of rotatable bonds is 5. The molecule has 148 valence electrons. The van der Waals surface area contributed by atoms with Gasteiger partial charge in [-0.2, -0.15) is 0 Å². The summed E-state index contributed by atoms with van der Waals surface area (Å²) in [6.45, 7) is 2.91. The average Bonchev–Trinajstić information content (AvgIpc) is 3.16. The van der Waals surface area contributed by atoms with Crippen molar-refractivity contribution in [2.75, 3.05) is 6.54 Å². The normalized spacial score (nSPS) is 17.0. The molecular formula is C23H22FN3O2. The number of pyridine rings is 1. The Kier molecular flexibility index (Phi) is 5.11. The summed E-state index contributed by atoms with van der Waals surface area (Å²) in [7, 11) is 0. The SMILES string of the molecule is CC(=O)c1cc(-c2ccc(F)cc2)c2ccc(CN3CCC[C@H]3C(N)=O)cc2n1. The number of likely N-dealkylation sites (tertiary alicyclic amines) is 1. The molecule has 1 aliphatic rings. The van der Waals surface area contributed by atoms with E-state index < -0.39 is 0 Å². The van der Waals surface area contributed by atoms with Crippen molar-refractivity contribution in [3.8, 4) is 11.1 Å². The third-order valence-corrected chi connectivity index (χ3v) is 5.47. The summed E-state index contributed by atoms with van der Waals surface area (Å²) < 4.78 is 13.4.